The lowest BCUT2D eigenvalue weighted by Crippen LogP contribution is -2.35. The molecule has 0 saturated carbocycles. The van der Waals surface area contributed by atoms with Gasteiger partial charge in [0.05, 0.1) is 18.5 Å². The van der Waals surface area contributed by atoms with Gasteiger partial charge in [0.25, 0.3) is 0 Å². The zero-order chi connectivity index (χ0) is 19.6. The number of anilines is 1. The number of aliphatic hydroxyl groups excluding tert-OH is 1. The van der Waals surface area contributed by atoms with Crippen LogP contribution < -0.4 is 4.90 Å². The Morgan fingerprint density at radius 3 is 2.67 bits per heavy atom. The molecule has 1 N–H and O–H groups in total. The molecule has 0 spiro atoms. The van der Waals surface area contributed by atoms with Crippen LogP contribution in [-0.4, -0.2) is 54.8 Å². The van der Waals surface area contributed by atoms with Crippen LogP contribution >= 0.6 is 0 Å². The van der Waals surface area contributed by atoms with Crippen LogP contribution in [0.15, 0.2) is 30.0 Å². The fraction of sp³-hybridized carbons (Fsp3) is 0.696. The van der Waals surface area contributed by atoms with E-state index < -0.39 is 0 Å². The second kappa shape index (κ2) is 11.5. The molecule has 0 radical (unpaired) electrons. The van der Waals surface area contributed by atoms with Crippen molar-refractivity contribution in [3.63, 3.8) is 0 Å². The molecular weight excluding hydrogens is 334 g/mol. The number of rotatable bonds is 4. The average Bonchev–Trinajstić information content (AvgIpc) is 2.92. The monoisotopic (exact) mass is 373 g/mol. The molecule has 1 saturated heterocycles. The summed E-state index contributed by atoms with van der Waals surface area (Å²) in [5.74, 6) is 1.39. The lowest BCUT2D eigenvalue weighted by molar-refractivity contribution is 0.315. The van der Waals surface area contributed by atoms with E-state index in [9.17, 15) is 0 Å². The highest BCUT2D eigenvalue weighted by Gasteiger charge is 2.18. The first-order valence-corrected chi connectivity index (χ1v) is 10.7. The number of nitrogens with zero attached hydrogens (tertiary/aromatic N) is 3. The first kappa shape index (κ1) is 21.9. The van der Waals surface area contributed by atoms with Crippen molar-refractivity contribution < 1.29 is 5.11 Å². The van der Waals surface area contributed by atoms with Crippen molar-refractivity contribution in [2.75, 3.05) is 44.7 Å². The van der Waals surface area contributed by atoms with Gasteiger partial charge in [-0.15, -0.1) is 0 Å². The molecule has 152 valence electrons. The van der Waals surface area contributed by atoms with E-state index in [1.807, 2.05) is 6.20 Å². The lowest BCUT2D eigenvalue weighted by atomic mass is 9.95. The summed E-state index contributed by atoms with van der Waals surface area (Å²) in [6, 6.07) is 4.41. The van der Waals surface area contributed by atoms with Crippen molar-refractivity contribution in [2.24, 2.45) is 5.92 Å². The Labute approximate surface area is 166 Å². The van der Waals surface area contributed by atoms with E-state index in [1.165, 1.54) is 49.3 Å². The molecule has 0 bridgehead atoms. The summed E-state index contributed by atoms with van der Waals surface area (Å²) < 4.78 is 0. The van der Waals surface area contributed by atoms with Crippen LogP contribution in [0, 0.1) is 5.92 Å². The minimum absolute atomic E-state index is 0.244. The smallest absolute Gasteiger partial charge is 0.0642 e. The molecule has 3 rings (SSSR count). The molecule has 1 atom stereocenters. The summed E-state index contributed by atoms with van der Waals surface area (Å²) >= 11 is 0. The van der Waals surface area contributed by atoms with Gasteiger partial charge in [0, 0.05) is 31.9 Å². The van der Waals surface area contributed by atoms with Crippen LogP contribution in [0.25, 0.3) is 0 Å². The number of pyridine rings is 1. The predicted molar refractivity (Wildman–Crippen MR) is 115 cm³/mol. The van der Waals surface area contributed by atoms with Crippen LogP contribution in [0.2, 0.25) is 0 Å². The van der Waals surface area contributed by atoms with Crippen molar-refractivity contribution in [3.05, 3.63) is 35.7 Å². The van der Waals surface area contributed by atoms with Gasteiger partial charge in [-0.25, -0.2) is 0 Å². The molecule has 1 aromatic heterocycles. The minimum Gasteiger partial charge on any atom is -0.392 e. The Kier molecular flexibility index (Phi) is 9.29. The highest BCUT2D eigenvalue weighted by Crippen LogP contribution is 2.25. The van der Waals surface area contributed by atoms with Crippen LogP contribution in [0.5, 0.6) is 0 Å². The minimum atomic E-state index is 0.244. The van der Waals surface area contributed by atoms with Gasteiger partial charge in [-0.1, -0.05) is 33.3 Å². The first-order chi connectivity index (χ1) is 13.0. The van der Waals surface area contributed by atoms with Crippen molar-refractivity contribution in [3.8, 4) is 0 Å². The van der Waals surface area contributed by atoms with Crippen molar-refractivity contribution >= 4 is 5.69 Å². The normalized spacial score (nSPS) is 21.3. The van der Waals surface area contributed by atoms with E-state index in [2.05, 4.69) is 60.8 Å². The van der Waals surface area contributed by atoms with Crippen LogP contribution in [-0.2, 0) is 0 Å². The number of hydrogen-bond donors (Lipinski definition) is 1. The molecule has 4 nitrogen and oxygen atoms in total. The third-order valence-electron chi connectivity index (χ3n) is 5.79. The van der Waals surface area contributed by atoms with Crippen LogP contribution in [0.4, 0.5) is 5.69 Å². The van der Waals surface area contributed by atoms with Gasteiger partial charge in [0.2, 0.25) is 0 Å². The number of aromatic nitrogens is 1. The average molecular weight is 374 g/mol. The van der Waals surface area contributed by atoms with Gasteiger partial charge < -0.3 is 14.9 Å². The predicted octanol–water partition coefficient (Wildman–Crippen LogP) is 4.46. The maximum absolute atomic E-state index is 8.82. The Morgan fingerprint density at radius 1 is 1.22 bits per heavy atom. The SMILES string of the molecule is CCC1CCCN(c2ccc(C(C)C)nc2)C1.CN1CCC=C(CO)CC1. The zero-order valence-electron chi connectivity index (χ0n) is 17.8. The molecule has 3 heterocycles. The molecule has 4 heteroatoms. The Morgan fingerprint density at radius 2 is 2.04 bits per heavy atom. The summed E-state index contributed by atoms with van der Waals surface area (Å²) in [6.45, 7) is 11.5. The molecule has 2 aliphatic rings. The largest absolute Gasteiger partial charge is 0.392 e. The Hall–Kier alpha value is -1.39. The van der Waals surface area contributed by atoms with Crippen molar-refractivity contribution in [1.82, 2.24) is 9.88 Å². The second-order valence-electron chi connectivity index (χ2n) is 8.32. The van der Waals surface area contributed by atoms with E-state index in [-0.39, 0.29) is 6.61 Å². The van der Waals surface area contributed by atoms with Gasteiger partial charge in [0.15, 0.2) is 0 Å². The Balaban J connectivity index is 0.000000223. The van der Waals surface area contributed by atoms with E-state index in [0.717, 1.165) is 31.8 Å². The fourth-order valence-corrected chi connectivity index (χ4v) is 3.74. The molecule has 2 aliphatic heterocycles. The molecule has 1 unspecified atom stereocenters. The highest BCUT2D eigenvalue weighted by atomic mass is 16.3. The van der Waals surface area contributed by atoms with E-state index in [4.69, 9.17) is 5.11 Å². The maximum atomic E-state index is 8.82. The zero-order valence-corrected chi connectivity index (χ0v) is 17.8. The summed E-state index contributed by atoms with van der Waals surface area (Å²) in [4.78, 5) is 9.35. The molecule has 0 amide bonds. The quantitative estimate of drug-likeness (QED) is 0.791. The molecular formula is C23H39N3O. The third-order valence-corrected chi connectivity index (χ3v) is 5.79. The summed E-state index contributed by atoms with van der Waals surface area (Å²) in [7, 11) is 2.12. The number of hydrogen-bond acceptors (Lipinski definition) is 4. The van der Waals surface area contributed by atoms with Crippen molar-refractivity contribution in [1.29, 1.82) is 0 Å². The van der Waals surface area contributed by atoms with Crippen LogP contribution in [0.1, 0.15) is 64.5 Å². The first-order valence-electron chi connectivity index (χ1n) is 10.7. The topological polar surface area (TPSA) is 39.6 Å². The van der Waals surface area contributed by atoms with Crippen molar-refractivity contribution in [2.45, 2.75) is 58.8 Å². The van der Waals surface area contributed by atoms with E-state index in [1.54, 1.807) is 0 Å². The van der Waals surface area contributed by atoms with E-state index >= 15 is 0 Å². The van der Waals surface area contributed by atoms with Gasteiger partial charge in [-0.05, 0) is 62.3 Å². The van der Waals surface area contributed by atoms with Gasteiger partial charge in [-0.2, -0.15) is 0 Å². The highest BCUT2D eigenvalue weighted by molar-refractivity contribution is 5.45. The fourth-order valence-electron chi connectivity index (χ4n) is 3.74. The molecule has 0 aromatic carbocycles. The standard InChI is InChI=1S/C15H24N2.C8H15NO/c1-4-13-6-5-9-17(11-13)14-7-8-15(12(2)3)16-10-14;1-9-5-2-3-8(7-10)4-6-9/h7-8,10,12-13H,4-6,9,11H2,1-3H3;3,10H,2,4-7H2,1H3. The number of piperidine rings is 1. The molecule has 1 aromatic rings. The van der Waals surface area contributed by atoms with Gasteiger partial charge in [-0.3, -0.25) is 4.98 Å². The third kappa shape index (κ3) is 7.27. The summed E-state index contributed by atoms with van der Waals surface area (Å²) in [5.41, 5.74) is 3.69. The second-order valence-corrected chi connectivity index (χ2v) is 8.32. The van der Waals surface area contributed by atoms with E-state index in [0.29, 0.717) is 5.92 Å². The van der Waals surface area contributed by atoms with Gasteiger partial charge in [0.1, 0.15) is 0 Å². The van der Waals surface area contributed by atoms with Gasteiger partial charge >= 0.3 is 0 Å². The molecule has 1 fully saturated rings. The lowest BCUT2D eigenvalue weighted by Gasteiger charge is -2.33. The Bertz CT molecular complexity index is 567. The summed E-state index contributed by atoms with van der Waals surface area (Å²) in [5, 5.41) is 8.82. The summed E-state index contributed by atoms with van der Waals surface area (Å²) in [6.07, 6.45) is 10.3. The molecule has 27 heavy (non-hydrogen) atoms. The maximum Gasteiger partial charge on any atom is 0.0642 e. The molecule has 0 aliphatic carbocycles. The van der Waals surface area contributed by atoms with Crippen LogP contribution in [0.3, 0.4) is 0 Å². The number of aliphatic hydroxyl groups is 1.